The molecule has 0 spiro atoms. The zero-order valence-corrected chi connectivity index (χ0v) is 12.1. The fraction of sp³-hybridized carbons (Fsp3) is 0. The third kappa shape index (κ3) is 4.10. The van der Waals surface area contributed by atoms with Gasteiger partial charge in [0.2, 0.25) is 0 Å². The second-order valence-corrected chi connectivity index (χ2v) is 4.94. The van der Waals surface area contributed by atoms with E-state index in [0.717, 1.165) is 9.13 Å². The molecule has 0 saturated carbocycles. The molecule has 2 aromatic rings. The van der Waals surface area contributed by atoms with E-state index in [-0.39, 0.29) is 5.75 Å². The zero-order valence-electron chi connectivity index (χ0n) is 9.92. The molecule has 0 aliphatic carbocycles. The fourth-order valence-electron chi connectivity index (χ4n) is 1.42. The molecule has 2 rings (SSSR count). The van der Waals surface area contributed by atoms with Crippen LogP contribution in [0.4, 0.5) is 0 Å². The monoisotopic (exact) mass is 366 g/mol. The molecule has 4 heteroatoms. The first-order chi connectivity index (χ1) is 9.15. The number of rotatable bonds is 3. The van der Waals surface area contributed by atoms with Crippen molar-refractivity contribution in [2.75, 3.05) is 0 Å². The van der Waals surface area contributed by atoms with Crippen LogP contribution in [0.25, 0.3) is 6.08 Å². The van der Waals surface area contributed by atoms with Gasteiger partial charge in [-0.05, 0) is 58.5 Å². The van der Waals surface area contributed by atoms with Crippen LogP contribution < -0.4 is 4.74 Å². The minimum Gasteiger partial charge on any atom is -0.508 e. The molecular weight excluding hydrogens is 355 g/mol. The van der Waals surface area contributed by atoms with Gasteiger partial charge in [0.05, 0.1) is 3.57 Å². The summed E-state index contributed by atoms with van der Waals surface area (Å²) in [5, 5.41) is 9.14. The number of phenolic OH excluding ortho intramolecular Hbond substituents is 1. The molecule has 0 unspecified atom stereocenters. The van der Waals surface area contributed by atoms with Gasteiger partial charge in [-0.1, -0.05) is 24.3 Å². The highest BCUT2D eigenvalue weighted by atomic mass is 127. The quantitative estimate of drug-likeness (QED) is 0.391. The third-order valence-corrected chi connectivity index (χ3v) is 3.24. The maximum atomic E-state index is 11.6. The summed E-state index contributed by atoms with van der Waals surface area (Å²) in [6.45, 7) is 0. The van der Waals surface area contributed by atoms with Crippen molar-refractivity contribution in [2.24, 2.45) is 0 Å². The molecule has 0 saturated heterocycles. The molecule has 0 amide bonds. The molecular formula is C15H11IO3. The van der Waals surface area contributed by atoms with Gasteiger partial charge >= 0.3 is 5.97 Å². The van der Waals surface area contributed by atoms with Crippen LogP contribution in [0.5, 0.6) is 11.5 Å². The number of carbonyl (C=O) groups is 1. The number of aromatic hydroxyl groups is 1. The lowest BCUT2D eigenvalue weighted by Crippen LogP contribution is -2.04. The van der Waals surface area contributed by atoms with E-state index >= 15 is 0 Å². The molecule has 0 bridgehead atoms. The lowest BCUT2D eigenvalue weighted by Gasteiger charge is -2.02. The standard InChI is InChI=1S/C15H11IO3/c16-13-3-1-2-4-14(13)19-15(18)10-7-11-5-8-12(17)9-6-11/h1-10,17H. The molecule has 19 heavy (non-hydrogen) atoms. The summed E-state index contributed by atoms with van der Waals surface area (Å²) < 4.78 is 6.09. The summed E-state index contributed by atoms with van der Waals surface area (Å²) in [5.41, 5.74) is 0.817. The van der Waals surface area contributed by atoms with E-state index < -0.39 is 5.97 Å². The largest absolute Gasteiger partial charge is 0.508 e. The number of esters is 1. The number of hydrogen-bond acceptors (Lipinski definition) is 3. The summed E-state index contributed by atoms with van der Waals surface area (Å²) in [7, 11) is 0. The third-order valence-electron chi connectivity index (χ3n) is 2.35. The van der Waals surface area contributed by atoms with Crippen LogP contribution in [0, 0.1) is 3.57 Å². The van der Waals surface area contributed by atoms with E-state index in [4.69, 9.17) is 9.84 Å². The lowest BCUT2D eigenvalue weighted by molar-refractivity contribution is -0.128. The van der Waals surface area contributed by atoms with Crippen molar-refractivity contribution in [3.05, 3.63) is 63.7 Å². The van der Waals surface area contributed by atoms with E-state index in [1.165, 1.54) is 6.08 Å². The second kappa shape index (κ2) is 6.38. The van der Waals surface area contributed by atoms with Gasteiger partial charge < -0.3 is 9.84 Å². The Morgan fingerprint density at radius 3 is 2.47 bits per heavy atom. The van der Waals surface area contributed by atoms with Crippen LogP contribution in [-0.2, 0) is 4.79 Å². The first kappa shape index (κ1) is 13.6. The van der Waals surface area contributed by atoms with Crippen molar-refractivity contribution in [3.63, 3.8) is 0 Å². The van der Waals surface area contributed by atoms with Crippen molar-refractivity contribution in [3.8, 4) is 11.5 Å². The van der Waals surface area contributed by atoms with Crippen molar-refractivity contribution in [1.29, 1.82) is 0 Å². The Labute approximate surface area is 124 Å². The van der Waals surface area contributed by atoms with Crippen molar-refractivity contribution in [1.82, 2.24) is 0 Å². The highest BCUT2D eigenvalue weighted by molar-refractivity contribution is 14.1. The van der Waals surface area contributed by atoms with Crippen LogP contribution in [0.2, 0.25) is 0 Å². The molecule has 0 radical (unpaired) electrons. The first-order valence-electron chi connectivity index (χ1n) is 5.58. The number of halogens is 1. The van der Waals surface area contributed by atoms with Gasteiger partial charge in [0, 0.05) is 6.08 Å². The lowest BCUT2D eigenvalue weighted by atomic mass is 10.2. The number of para-hydroxylation sites is 1. The fourth-order valence-corrected chi connectivity index (χ4v) is 1.92. The van der Waals surface area contributed by atoms with Crippen molar-refractivity contribution < 1.29 is 14.6 Å². The molecule has 0 fully saturated rings. The molecule has 1 N–H and O–H groups in total. The van der Waals surface area contributed by atoms with Gasteiger partial charge in [-0.2, -0.15) is 0 Å². The topological polar surface area (TPSA) is 46.5 Å². The summed E-state index contributed by atoms with van der Waals surface area (Å²) >= 11 is 2.11. The molecule has 3 nitrogen and oxygen atoms in total. The average Bonchev–Trinajstić information content (AvgIpc) is 2.41. The van der Waals surface area contributed by atoms with Gasteiger partial charge in [-0.3, -0.25) is 0 Å². The Morgan fingerprint density at radius 1 is 1.11 bits per heavy atom. The van der Waals surface area contributed by atoms with E-state index in [0.29, 0.717) is 5.75 Å². The predicted octanol–water partition coefficient (Wildman–Crippen LogP) is 3.62. The number of ether oxygens (including phenoxy) is 1. The van der Waals surface area contributed by atoms with Crippen molar-refractivity contribution in [2.45, 2.75) is 0 Å². The summed E-state index contributed by atoms with van der Waals surface area (Å²) in [4.78, 5) is 11.6. The smallest absolute Gasteiger partial charge is 0.336 e. The first-order valence-corrected chi connectivity index (χ1v) is 6.66. The summed E-state index contributed by atoms with van der Waals surface area (Å²) in [6.07, 6.45) is 2.99. The predicted molar refractivity (Wildman–Crippen MR) is 81.9 cm³/mol. The molecule has 2 aromatic carbocycles. The summed E-state index contributed by atoms with van der Waals surface area (Å²) in [5.74, 6) is 0.305. The van der Waals surface area contributed by atoms with Crippen LogP contribution in [0.15, 0.2) is 54.6 Å². The normalized spacial score (nSPS) is 10.6. The minimum absolute atomic E-state index is 0.193. The maximum Gasteiger partial charge on any atom is 0.336 e. The number of benzene rings is 2. The average molecular weight is 366 g/mol. The molecule has 0 aromatic heterocycles. The molecule has 0 atom stereocenters. The Bertz CT molecular complexity index is 603. The highest BCUT2D eigenvalue weighted by Crippen LogP contribution is 2.20. The van der Waals surface area contributed by atoms with E-state index in [1.807, 2.05) is 18.2 Å². The minimum atomic E-state index is -0.433. The molecule has 0 aliphatic rings. The van der Waals surface area contributed by atoms with Crippen LogP contribution in [0.3, 0.4) is 0 Å². The Morgan fingerprint density at radius 2 is 1.79 bits per heavy atom. The van der Waals surface area contributed by atoms with Crippen molar-refractivity contribution >= 4 is 34.6 Å². The van der Waals surface area contributed by atoms with E-state index in [1.54, 1.807) is 36.4 Å². The van der Waals surface area contributed by atoms with E-state index in [2.05, 4.69) is 22.6 Å². The van der Waals surface area contributed by atoms with Crippen LogP contribution in [0.1, 0.15) is 5.56 Å². The Balaban J connectivity index is 2.02. The molecule has 96 valence electrons. The van der Waals surface area contributed by atoms with Gasteiger partial charge in [-0.15, -0.1) is 0 Å². The summed E-state index contributed by atoms with van der Waals surface area (Å²) in [6, 6.07) is 13.9. The zero-order chi connectivity index (χ0) is 13.7. The number of hydrogen-bond donors (Lipinski definition) is 1. The second-order valence-electron chi connectivity index (χ2n) is 3.78. The van der Waals surface area contributed by atoms with E-state index in [9.17, 15) is 4.79 Å². The van der Waals surface area contributed by atoms with Gasteiger partial charge in [0.1, 0.15) is 11.5 Å². The number of carbonyl (C=O) groups excluding carboxylic acids is 1. The molecule has 0 aliphatic heterocycles. The Kier molecular flexibility index (Phi) is 4.57. The SMILES string of the molecule is O=C(C=Cc1ccc(O)cc1)Oc1ccccc1I. The highest BCUT2D eigenvalue weighted by Gasteiger charge is 2.03. The Hall–Kier alpha value is -1.82. The maximum absolute atomic E-state index is 11.6. The van der Waals surface area contributed by atoms with Crippen LogP contribution in [-0.4, -0.2) is 11.1 Å². The number of phenols is 1. The van der Waals surface area contributed by atoms with Gasteiger partial charge in [0.25, 0.3) is 0 Å². The van der Waals surface area contributed by atoms with Gasteiger partial charge in [-0.25, -0.2) is 4.79 Å². The van der Waals surface area contributed by atoms with Crippen LogP contribution >= 0.6 is 22.6 Å². The molecule has 0 heterocycles. The van der Waals surface area contributed by atoms with Gasteiger partial charge in [0.15, 0.2) is 0 Å².